The molecule has 1 N–H and O–H groups in total. The lowest BCUT2D eigenvalue weighted by Crippen LogP contribution is -2.14. The quantitative estimate of drug-likeness (QED) is 0.475. The van der Waals surface area contributed by atoms with Gasteiger partial charge in [-0.1, -0.05) is 48.5 Å². The van der Waals surface area contributed by atoms with Crippen LogP contribution in [0.15, 0.2) is 78.9 Å². The summed E-state index contributed by atoms with van der Waals surface area (Å²) in [7, 11) is 1.50. The van der Waals surface area contributed by atoms with Crippen LogP contribution in [-0.4, -0.2) is 13.0 Å². The Kier molecular flexibility index (Phi) is 6.97. The van der Waals surface area contributed by atoms with E-state index < -0.39 is 17.6 Å². The molecule has 0 radical (unpaired) electrons. The van der Waals surface area contributed by atoms with E-state index in [2.05, 4.69) is 5.32 Å². The zero-order valence-corrected chi connectivity index (χ0v) is 16.6. The number of hydrogen-bond acceptors (Lipinski definition) is 3. The number of benzene rings is 3. The summed E-state index contributed by atoms with van der Waals surface area (Å²) in [5, 5.41) is 2.26. The second-order valence-electron chi connectivity index (χ2n) is 6.55. The monoisotopic (exact) mass is 427 g/mol. The van der Waals surface area contributed by atoms with Gasteiger partial charge in [-0.05, 0) is 41.5 Å². The number of carbonyl (C=O) groups excluding carboxylic acids is 1. The molecular weight excluding hydrogens is 407 g/mol. The molecule has 3 rings (SSSR count). The molecule has 0 fully saturated rings. The number of methoxy groups -OCH3 is 1. The van der Waals surface area contributed by atoms with E-state index in [9.17, 15) is 18.0 Å². The zero-order valence-electron chi connectivity index (χ0n) is 16.6. The summed E-state index contributed by atoms with van der Waals surface area (Å²) >= 11 is 0. The predicted molar refractivity (Wildman–Crippen MR) is 113 cm³/mol. The van der Waals surface area contributed by atoms with Crippen molar-refractivity contribution < 1.29 is 27.4 Å². The van der Waals surface area contributed by atoms with Crippen molar-refractivity contribution in [2.24, 2.45) is 0 Å². The molecular formula is C24H20F3NO3. The Bertz CT molecular complexity index is 1060. The molecule has 0 aliphatic rings. The van der Waals surface area contributed by atoms with Gasteiger partial charge >= 0.3 is 6.18 Å². The number of ether oxygens (including phenoxy) is 2. The van der Waals surface area contributed by atoms with E-state index in [1.165, 1.54) is 31.4 Å². The molecule has 0 saturated carbocycles. The molecule has 0 saturated heterocycles. The van der Waals surface area contributed by atoms with Crippen LogP contribution in [0, 0.1) is 0 Å². The highest BCUT2D eigenvalue weighted by Gasteiger charge is 2.33. The van der Waals surface area contributed by atoms with Gasteiger partial charge in [0.1, 0.15) is 6.61 Å². The first kappa shape index (κ1) is 22.0. The van der Waals surface area contributed by atoms with E-state index in [1.807, 2.05) is 30.3 Å². The molecule has 4 nitrogen and oxygen atoms in total. The molecule has 0 aromatic heterocycles. The lowest BCUT2D eigenvalue weighted by molar-refractivity contribution is -0.136. The highest BCUT2D eigenvalue weighted by Crippen LogP contribution is 2.34. The minimum Gasteiger partial charge on any atom is -0.493 e. The first-order valence-corrected chi connectivity index (χ1v) is 9.37. The van der Waals surface area contributed by atoms with Crippen LogP contribution < -0.4 is 14.8 Å². The fourth-order valence-electron chi connectivity index (χ4n) is 2.83. The predicted octanol–water partition coefficient (Wildman–Crippen LogP) is 5.94. The van der Waals surface area contributed by atoms with Crippen molar-refractivity contribution in [3.63, 3.8) is 0 Å². The number of carbonyl (C=O) groups is 1. The topological polar surface area (TPSA) is 47.6 Å². The lowest BCUT2D eigenvalue weighted by Gasteiger charge is -2.12. The average Bonchev–Trinajstić information content (AvgIpc) is 2.77. The molecule has 0 heterocycles. The van der Waals surface area contributed by atoms with Crippen LogP contribution in [0.25, 0.3) is 6.08 Å². The van der Waals surface area contributed by atoms with Crippen LogP contribution in [0.4, 0.5) is 18.9 Å². The van der Waals surface area contributed by atoms with Crippen LogP contribution in [-0.2, 0) is 17.6 Å². The first-order chi connectivity index (χ1) is 14.9. The summed E-state index contributed by atoms with van der Waals surface area (Å²) in [5.41, 5.74) is 0.428. The second kappa shape index (κ2) is 9.84. The molecule has 0 aliphatic carbocycles. The summed E-state index contributed by atoms with van der Waals surface area (Å²) in [5.74, 6) is 0.327. The van der Waals surface area contributed by atoms with Crippen molar-refractivity contribution in [1.82, 2.24) is 0 Å². The van der Waals surface area contributed by atoms with E-state index in [0.29, 0.717) is 23.7 Å². The molecule has 7 heteroatoms. The van der Waals surface area contributed by atoms with Crippen LogP contribution in [0.1, 0.15) is 16.7 Å². The van der Waals surface area contributed by atoms with Gasteiger partial charge in [-0.25, -0.2) is 0 Å². The third kappa shape index (κ3) is 6.12. The maximum absolute atomic E-state index is 13.0. The summed E-state index contributed by atoms with van der Waals surface area (Å²) in [4.78, 5) is 12.1. The maximum atomic E-state index is 13.0. The van der Waals surface area contributed by atoms with Crippen LogP contribution >= 0.6 is 0 Å². The SMILES string of the molecule is COc1cc(C=CC(=O)Nc2ccccc2C(F)(F)F)ccc1OCc1ccccc1. The van der Waals surface area contributed by atoms with E-state index in [4.69, 9.17) is 9.47 Å². The standard InChI is InChI=1S/C24H20F3NO3/c1-30-22-15-17(11-13-21(22)31-16-18-7-3-2-4-8-18)12-14-23(29)28-20-10-6-5-9-19(20)24(25,26)27/h2-15H,16H2,1H3,(H,28,29). The Hall–Kier alpha value is -3.74. The van der Waals surface area contributed by atoms with Crippen LogP contribution in [0.5, 0.6) is 11.5 Å². The largest absolute Gasteiger partial charge is 0.493 e. The third-order valence-corrected chi connectivity index (χ3v) is 4.34. The highest BCUT2D eigenvalue weighted by atomic mass is 19.4. The third-order valence-electron chi connectivity index (χ3n) is 4.34. The minimum absolute atomic E-state index is 0.299. The number of halogens is 3. The number of alkyl halides is 3. The molecule has 160 valence electrons. The second-order valence-corrected chi connectivity index (χ2v) is 6.55. The summed E-state index contributed by atoms with van der Waals surface area (Å²) in [6.07, 6.45) is -1.92. The average molecular weight is 427 g/mol. The van der Waals surface area contributed by atoms with Crippen LogP contribution in [0.3, 0.4) is 0 Å². The Morgan fingerprint density at radius 2 is 1.68 bits per heavy atom. The normalized spacial score (nSPS) is 11.4. The Morgan fingerprint density at radius 1 is 0.968 bits per heavy atom. The summed E-state index contributed by atoms with van der Waals surface area (Å²) in [6.45, 7) is 0.368. The Labute approximate surface area is 177 Å². The number of rotatable bonds is 7. The summed E-state index contributed by atoms with van der Waals surface area (Å²) in [6, 6.07) is 19.6. The minimum atomic E-state index is -4.56. The fraction of sp³-hybridized carbons (Fsp3) is 0.125. The highest BCUT2D eigenvalue weighted by molar-refractivity contribution is 6.02. The van der Waals surface area contributed by atoms with Crippen molar-refractivity contribution in [2.45, 2.75) is 12.8 Å². The molecule has 1 amide bonds. The van der Waals surface area contributed by atoms with Gasteiger partial charge in [0, 0.05) is 6.08 Å². The van der Waals surface area contributed by atoms with Gasteiger partial charge in [0.2, 0.25) is 5.91 Å². The van der Waals surface area contributed by atoms with Crippen molar-refractivity contribution >= 4 is 17.7 Å². The van der Waals surface area contributed by atoms with Crippen molar-refractivity contribution in [1.29, 1.82) is 0 Å². The van der Waals surface area contributed by atoms with Gasteiger partial charge in [0.25, 0.3) is 0 Å². The Balaban J connectivity index is 1.67. The fourth-order valence-corrected chi connectivity index (χ4v) is 2.83. The Morgan fingerprint density at radius 3 is 2.39 bits per heavy atom. The van der Waals surface area contributed by atoms with Gasteiger partial charge in [0.05, 0.1) is 18.4 Å². The number of hydrogen-bond donors (Lipinski definition) is 1. The lowest BCUT2D eigenvalue weighted by atomic mass is 10.1. The van der Waals surface area contributed by atoms with Gasteiger partial charge < -0.3 is 14.8 Å². The number of anilines is 1. The van der Waals surface area contributed by atoms with E-state index in [1.54, 1.807) is 18.2 Å². The smallest absolute Gasteiger partial charge is 0.418 e. The molecule has 3 aromatic carbocycles. The summed E-state index contributed by atoms with van der Waals surface area (Å²) < 4.78 is 50.3. The molecule has 3 aromatic rings. The van der Waals surface area contributed by atoms with E-state index in [0.717, 1.165) is 17.7 Å². The molecule has 0 spiro atoms. The van der Waals surface area contributed by atoms with Gasteiger partial charge in [-0.2, -0.15) is 13.2 Å². The molecule has 0 atom stereocenters. The molecule has 31 heavy (non-hydrogen) atoms. The van der Waals surface area contributed by atoms with Crippen molar-refractivity contribution in [2.75, 3.05) is 12.4 Å². The van der Waals surface area contributed by atoms with E-state index in [-0.39, 0.29) is 5.69 Å². The number of amides is 1. The molecule has 0 unspecified atom stereocenters. The number of para-hydroxylation sites is 1. The van der Waals surface area contributed by atoms with Gasteiger partial charge in [-0.15, -0.1) is 0 Å². The number of nitrogens with one attached hydrogen (secondary N) is 1. The maximum Gasteiger partial charge on any atom is 0.418 e. The van der Waals surface area contributed by atoms with Crippen LogP contribution in [0.2, 0.25) is 0 Å². The first-order valence-electron chi connectivity index (χ1n) is 9.37. The van der Waals surface area contributed by atoms with E-state index >= 15 is 0 Å². The van der Waals surface area contributed by atoms with Crippen molar-refractivity contribution in [3.05, 3.63) is 95.6 Å². The zero-order chi connectivity index (χ0) is 22.3. The van der Waals surface area contributed by atoms with Gasteiger partial charge in [0.15, 0.2) is 11.5 Å². The van der Waals surface area contributed by atoms with Gasteiger partial charge in [-0.3, -0.25) is 4.79 Å². The molecule has 0 bridgehead atoms. The molecule has 0 aliphatic heterocycles. The van der Waals surface area contributed by atoms with Crippen molar-refractivity contribution in [3.8, 4) is 11.5 Å².